The van der Waals surface area contributed by atoms with E-state index in [-0.39, 0.29) is 15.7 Å². The minimum atomic E-state index is -3.35. The van der Waals surface area contributed by atoms with Gasteiger partial charge in [-0.2, -0.15) is 8.42 Å². The monoisotopic (exact) mass is 208 g/mol. The zero-order valence-corrected chi connectivity index (χ0v) is 7.72. The molecule has 0 aromatic heterocycles. The van der Waals surface area contributed by atoms with Gasteiger partial charge in [0.2, 0.25) is 0 Å². The average molecular weight is 208 g/mol. The molecule has 0 aliphatic carbocycles. The molecule has 3 aliphatic rings. The van der Waals surface area contributed by atoms with Crippen molar-refractivity contribution in [3.8, 4) is 0 Å². The van der Waals surface area contributed by atoms with Crippen molar-refractivity contribution in [1.82, 2.24) is 0 Å². The molecule has 3 rings (SSSR count). The molecular weight excluding hydrogens is 200 g/mol. The highest BCUT2D eigenvalue weighted by Crippen LogP contribution is 2.54. The van der Waals surface area contributed by atoms with Crippen LogP contribution in [0, 0.1) is 0 Å². The van der Waals surface area contributed by atoms with Crippen LogP contribution in [0.4, 0.5) is 0 Å². The van der Waals surface area contributed by atoms with Gasteiger partial charge in [-0.1, -0.05) is 0 Å². The summed E-state index contributed by atoms with van der Waals surface area (Å²) in [5, 5.41) is 9.26. The van der Waals surface area contributed by atoms with Crippen molar-refractivity contribution in [2.45, 2.75) is 34.4 Å². The fourth-order valence-corrected chi connectivity index (χ4v) is 6.34. The third kappa shape index (κ3) is 0.700. The summed E-state index contributed by atoms with van der Waals surface area (Å²) in [4.78, 5) is 0. The van der Waals surface area contributed by atoms with E-state index in [0.29, 0.717) is 6.42 Å². The third-order valence-corrected chi connectivity index (χ3v) is 6.44. The number of hydrogen-bond donors (Lipinski definition) is 1. The van der Waals surface area contributed by atoms with Crippen LogP contribution >= 0.6 is 11.8 Å². The number of thioether (sulfide) groups is 1. The van der Waals surface area contributed by atoms with Crippen molar-refractivity contribution in [3.05, 3.63) is 0 Å². The fourth-order valence-electron chi connectivity index (χ4n) is 2.24. The SMILES string of the molecule is O=S1(=O)OC2C(O)C3CC1C2S3. The first kappa shape index (κ1) is 7.61. The third-order valence-electron chi connectivity index (χ3n) is 2.82. The van der Waals surface area contributed by atoms with Gasteiger partial charge in [0, 0.05) is 5.25 Å². The maximum absolute atomic E-state index is 11.3. The first-order chi connectivity index (χ1) is 5.59. The van der Waals surface area contributed by atoms with Gasteiger partial charge in [-0.25, -0.2) is 0 Å². The summed E-state index contributed by atoms with van der Waals surface area (Å²) < 4.78 is 27.4. The molecule has 3 saturated heterocycles. The van der Waals surface area contributed by atoms with Crippen LogP contribution in [-0.2, 0) is 14.3 Å². The van der Waals surface area contributed by atoms with Gasteiger partial charge >= 0.3 is 0 Å². The second kappa shape index (κ2) is 2.00. The Morgan fingerprint density at radius 1 is 1.50 bits per heavy atom. The van der Waals surface area contributed by atoms with Gasteiger partial charge < -0.3 is 5.11 Å². The fraction of sp³-hybridized carbons (Fsp3) is 1.00. The van der Waals surface area contributed by atoms with Gasteiger partial charge in [0.1, 0.15) is 11.4 Å². The molecule has 4 nitrogen and oxygen atoms in total. The Morgan fingerprint density at radius 2 is 2.25 bits per heavy atom. The largest absolute Gasteiger partial charge is 0.389 e. The Balaban J connectivity index is 2.11. The Labute approximate surface area is 74.4 Å². The molecule has 3 fully saturated rings. The van der Waals surface area contributed by atoms with Crippen LogP contribution in [0.25, 0.3) is 0 Å². The minimum Gasteiger partial charge on any atom is -0.389 e. The van der Waals surface area contributed by atoms with E-state index in [2.05, 4.69) is 0 Å². The van der Waals surface area contributed by atoms with Crippen LogP contribution in [0.1, 0.15) is 6.42 Å². The molecule has 68 valence electrons. The maximum Gasteiger partial charge on any atom is 0.271 e. The van der Waals surface area contributed by atoms with E-state index >= 15 is 0 Å². The molecule has 2 bridgehead atoms. The average Bonchev–Trinajstić information content (AvgIpc) is 2.54. The Hall–Kier alpha value is 0.220. The highest BCUT2D eigenvalue weighted by atomic mass is 32.2. The smallest absolute Gasteiger partial charge is 0.271 e. The molecule has 3 aliphatic heterocycles. The van der Waals surface area contributed by atoms with E-state index in [9.17, 15) is 13.5 Å². The topological polar surface area (TPSA) is 63.6 Å². The highest BCUT2D eigenvalue weighted by Gasteiger charge is 2.64. The molecular formula is C6H8O4S2. The van der Waals surface area contributed by atoms with Gasteiger partial charge in [-0.15, -0.1) is 11.8 Å². The van der Waals surface area contributed by atoms with Gasteiger partial charge in [-0.05, 0) is 6.42 Å². The lowest BCUT2D eigenvalue weighted by Crippen LogP contribution is -2.38. The predicted octanol–water partition coefficient (Wildman–Crippen LogP) is -0.668. The van der Waals surface area contributed by atoms with E-state index in [4.69, 9.17) is 4.18 Å². The van der Waals surface area contributed by atoms with Crippen molar-refractivity contribution in [1.29, 1.82) is 0 Å². The molecule has 5 atom stereocenters. The van der Waals surface area contributed by atoms with Crippen molar-refractivity contribution in [2.75, 3.05) is 0 Å². The Bertz CT molecular complexity index is 324. The van der Waals surface area contributed by atoms with E-state index in [0.717, 1.165) is 0 Å². The Morgan fingerprint density at radius 3 is 2.83 bits per heavy atom. The van der Waals surface area contributed by atoms with E-state index in [1.807, 2.05) is 0 Å². The minimum absolute atomic E-state index is 0.00463. The molecule has 5 unspecified atom stereocenters. The van der Waals surface area contributed by atoms with Gasteiger partial charge in [0.15, 0.2) is 0 Å². The highest BCUT2D eigenvalue weighted by molar-refractivity contribution is 8.03. The molecule has 3 heterocycles. The van der Waals surface area contributed by atoms with Crippen LogP contribution in [-0.4, -0.2) is 41.5 Å². The Kier molecular flexibility index (Phi) is 1.27. The van der Waals surface area contributed by atoms with Crippen LogP contribution in [0.15, 0.2) is 0 Å². The van der Waals surface area contributed by atoms with Crippen molar-refractivity contribution in [2.24, 2.45) is 0 Å². The zero-order chi connectivity index (χ0) is 8.51. The second-order valence-electron chi connectivity index (χ2n) is 3.46. The summed E-state index contributed by atoms with van der Waals surface area (Å²) >= 11 is 1.57. The van der Waals surface area contributed by atoms with Gasteiger partial charge in [-0.3, -0.25) is 4.18 Å². The lowest BCUT2D eigenvalue weighted by Gasteiger charge is -2.17. The van der Waals surface area contributed by atoms with Crippen LogP contribution in [0.5, 0.6) is 0 Å². The van der Waals surface area contributed by atoms with E-state index < -0.39 is 22.3 Å². The molecule has 0 saturated carbocycles. The van der Waals surface area contributed by atoms with Crippen LogP contribution < -0.4 is 0 Å². The summed E-state index contributed by atoms with van der Waals surface area (Å²) in [7, 11) is -3.35. The van der Waals surface area contributed by atoms with Crippen molar-refractivity contribution >= 4 is 21.9 Å². The predicted molar refractivity (Wildman–Crippen MR) is 43.4 cm³/mol. The first-order valence-corrected chi connectivity index (χ1v) is 6.27. The second-order valence-corrected chi connectivity index (χ2v) is 6.66. The molecule has 0 aromatic rings. The summed E-state index contributed by atoms with van der Waals surface area (Å²) in [6, 6.07) is 0. The molecule has 12 heavy (non-hydrogen) atoms. The zero-order valence-electron chi connectivity index (χ0n) is 6.08. The lowest BCUT2D eigenvalue weighted by molar-refractivity contribution is 0.0531. The van der Waals surface area contributed by atoms with Crippen molar-refractivity contribution < 1.29 is 17.7 Å². The summed E-state index contributed by atoms with van der Waals surface area (Å²) in [6.45, 7) is 0. The molecule has 0 aromatic carbocycles. The van der Waals surface area contributed by atoms with Gasteiger partial charge in [0.05, 0.1) is 11.4 Å². The quantitative estimate of drug-likeness (QED) is 0.535. The standard InChI is InChI=1S/C6H8O4S2/c7-4-2-1-3-6(11-2)5(4)10-12(3,8)9/h2-7H,1H2. The molecule has 1 N–H and O–H groups in total. The number of fused-ring (bicyclic) bond motifs is 1. The maximum atomic E-state index is 11.3. The van der Waals surface area contributed by atoms with Crippen molar-refractivity contribution in [3.63, 3.8) is 0 Å². The molecule has 0 amide bonds. The van der Waals surface area contributed by atoms with Crippen LogP contribution in [0.2, 0.25) is 0 Å². The summed E-state index contributed by atoms with van der Waals surface area (Å²) in [5.74, 6) is 0. The number of rotatable bonds is 0. The van der Waals surface area contributed by atoms with E-state index in [1.165, 1.54) is 0 Å². The molecule has 6 heteroatoms. The lowest BCUT2D eigenvalue weighted by atomic mass is 9.95. The summed E-state index contributed by atoms with van der Waals surface area (Å²) in [5.41, 5.74) is 0. The van der Waals surface area contributed by atoms with Gasteiger partial charge in [0.25, 0.3) is 10.1 Å². The van der Waals surface area contributed by atoms with Crippen LogP contribution in [0.3, 0.4) is 0 Å². The van der Waals surface area contributed by atoms with E-state index in [1.54, 1.807) is 11.8 Å². The summed E-state index contributed by atoms with van der Waals surface area (Å²) in [6.07, 6.45) is -0.465. The first-order valence-electron chi connectivity index (χ1n) is 3.85. The number of hydrogen-bond acceptors (Lipinski definition) is 5. The molecule has 0 radical (unpaired) electrons. The normalized spacial score (nSPS) is 59.6. The number of aliphatic hydroxyl groups is 1. The molecule has 0 spiro atoms. The number of aliphatic hydroxyl groups excluding tert-OH is 1.